The highest BCUT2D eigenvalue weighted by molar-refractivity contribution is 5.79. The molecule has 2 aromatic carbocycles. The van der Waals surface area contributed by atoms with Gasteiger partial charge in [-0.05, 0) is 51.0 Å². The Morgan fingerprint density at radius 3 is 2.74 bits per heavy atom. The monoisotopic (exact) mass is 417 g/mol. The van der Waals surface area contributed by atoms with Gasteiger partial charge in [-0.3, -0.25) is 0 Å². The Morgan fingerprint density at radius 2 is 1.97 bits per heavy atom. The largest absolute Gasteiger partial charge is 0.444 e. The molecule has 1 fully saturated rings. The third-order valence-corrected chi connectivity index (χ3v) is 5.29. The number of hydrogen-bond donors (Lipinski definition) is 1. The number of nitrogens with one attached hydrogen (secondary N) is 1. The van der Waals surface area contributed by atoms with Crippen LogP contribution >= 0.6 is 0 Å². The zero-order valence-corrected chi connectivity index (χ0v) is 18.1. The second-order valence-corrected chi connectivity index (χ2v) is 8.83. The summed E-state index contributed by atoms with van der Waals surface area (Å²) >= 11 is 0. The van der Waals surface area contributed by atoms with Crippen molar-refractivity contribution >= 4 is 23.1 Å². The Balaban J connectivity index is 1.59. The molecule has 2 heterocycles. The molecule has 1 N–H and O–H groups in total. The van der Waals surface area contributed by atoms with Gasteiger partial charge in [0.15, 0.2) is 0 Å². The molecule has 7 nitrogen and oxygen atoms in total. The molecule has 160 valence electrons. The third-order valence-electron chi connectivity index (χ3n) is 5.29. The van der Waals surface area contributed by atoms with E-state index < -0.39 is 11.7 Å². The van der Waals surface area contributed by atoms with E-state index in [2.05, 4.69) is 20.9 Å². The molecule has 7 heteroatoms. The maximum atomic E-state index is 12.2. The van der Waals surface area contributed by atoms with Gasteiger partial charge < -0.3 is 19.5 Å². The lowest BCUT2D eigenvalue weighted by atomic mass is 10.1. The van der Waals surface area contributed by atoms with Crippen molar-refractivity contribution in [1.29, 1.82) is 5.26 Å². The SMILES string of the molecule is CC(C)(C)OC(=O)N[C@@H]1CCN(c2nc3ccccc3n2Cc2ccccc2C#N)C1. The molecule has 1 aliphatic heterocycles. The van der Waals surface area contributed by atoms with E-state index in [1.54, 1.807) is 0 Å². The summed E-state index contributed by atoms with van der Waals surface area (Å²) in [5.74, 6) is 0.849. The summed E-state index contributed by atoms with van der Waals surface area (Å²) in [7, 11) is 0. The van der Waals surface area contributed by atoms with E-state index in [9.17, 15) is 10.1 Å². The maximum Gasteiger partial charge on any atom is 0.407 e. The van der Waals surface area contributed by atoms with Gasteiger partial charge in [0, 0.05) is 13.1 Å². The Kier molecular flexibility index (Phi) is 5.55. The fourth-order valence-electron chi connectivity index (χ4n) is 3.93. The molecule has 0 spiro atoms. The first-order valence-electron chi connectivity index (χ1n) is 10.5. The number of carbonyl (C=O) groups is 1. The predicted octanol–water partition coefficient (Wildman–Crippen LogP) is 4.06. The Morgan fingerprint density at radius 1 is 1.23 bits per heavy atom. The van der Waals surface area contributed by atoms with Gasteiger partial charge >= 0.3 is 6.09 Å². The smallest absolute Gasteiger partial charge is 0.407 e. The van der Waals surface area contributed by atoms with E-state index in [1.807, 2.05) is 69.3 Å². The van der Waals surface area contributed by atoms with Crippen LogP contribution in [-0.4, -0.2) is 40.4 Å². The van der Waals surface area contributed by atoms with Crippen molar-refractivity contribution in [2.24, 2.45) is 0 Å². The minimum absolute atomic E-state index is 0.00509. The molecule has 4 rings (SSSR count). The number of fused-ring (bicyclic) bond motifs is 1. The van der Waals surface area contributed by atoms with Crippen LogP contribution in [0.5, 0.6) is 0 Å². The summed E-state index contributed by atoms with van der Waals surface area (Å²) in [6.07, 6.45) is 0.424. The van der Waals surface area contributed by atoms with Crippen LogP contribution in [0, 0.1) is 11.3 Å². The molecular formula is C24H27N5O2. The average Bonchev–Trinajstić information content (AvgIpc) is 3.32. The van der Waals surface area contributed by atoms with Gasteiger partial charge in [-0.25, -0.2) is 9.78 Å². The minimum atomic E-state index is -0.523. The maximum absolute atomic E-state index is 12.2. The molecule has 3 aromatic rings. The summed E-state index contributed by atoms with van der Waals surface area (Å²) < 4.78 is 7.55. The number of imidazole rings is 1. The number of nitriles is 1. The van der Waals surface area contributed by atoms with E-state index in [1.165, 1.54) is 0 Å². The highest BCUT2D eigenvalue weighted by atomic mass is 16.6. The van der Waals surface area contributed by atoms with E-state index in [4.69, 9.17) is 9.72 Å². The Bertz CT molecular complexity index is 1140. The number of nitrogens with zero attached hydrogens (tertiary/aromatic N) is 4. The van der Waals surface area contributed by atoms with Crippen molar-refractivity contribution in [3.63, 3.8) is 0 Å². The number of amides is 1. The molecule has 1 aromatic heterocycles. The summed E-state index contributed by atoms with van der Waals surface area (Å²) in [4.78, 5) is 19.2. The van der Waals surface area contributed by atoms with Crippen LogP contribution in [0.4, 0.5) is 10.7 Å². The number of rotatable bonds is 4. The second-order valence-electron chi connectivity index (χ2n) is 8.83. The van der Waals surface area contributed by atoms with Gasteiger partial charge in [0.2, 0.25) is 5.95 Å². The number of ether oxygens (including phenoxy) is 1. The highest BCUT2D eigenvalue weighted by Gasteiger charge is 2.29. The van der Waals surface area contributed by atoms with E-state index in [-0.39, 0.29) is 6.04 Å². The molecule has 1 amide bonds. The molecule has 0 saturated carbocycles. The molecule has 31 heavy (non-hydrogen) atoms. The normalized spacial score (nSPS) is 16.3. The van der Waals surface area contributed by atoms with Gasteiger partial charge in [0.05, 0.1) is 35.3 Å². The van der Waals surface area contributed by atoms with Crippen LogP contribution in [-0.2, 0) is 11.3 Å². The molecule has 1 saturated heterocycles. The fraction of sp³-hybridized carbons (Fsp3) is 0.375. The van der Waals surface area contributed by atoms with Gasteiger partial charge in [0.25, 0.3) is 0 Å². The number of carbonyl (C=O) groups excluding carboxylic acids is 1. The average molecular weight is 418 g/mol. The lowest BCUT2D eigenvalue weighted by molar-refractivity contribution is 0.0509. The first kappa shape index (κ1) is 20.7. The number of aromatic nitrogens is 2. The van der Waals surface area contributed by atoms with Crippen LogP contribution in [0.2, 0.25) is 0 Å². The van der Waals surface area contributed by atoms with Crippen LogP contribution in [0.3, 0.4) is 0 Å². The molecule has 0 unspecified atom stereocenters. The molecule has 0 aliphatic carbocycles. The number of para-hydroxylation sites is 2. The summed E-state index contributed by atoms with van der Waals surface area (Å²) in [6.45, 7) is 7.56. The van der Waals surface area contributed by atoms with Crippen molar-refractivity contribution < 1.29 is 9.53 Å². The Labute approximate surface area is 182 Å². The number of anilines is 1. The fourth-order valence-corrected chi connectivity index (χ4v) is 3.93. The summed E-state index contributed by atoms with van der Waals surface area (Å²) in [5, 5.41) is 12.5. The number of alkyl carbamates (subject to hydrolysis) is 1. The standard InChI is InChI=1S/C24H27N5O2/c1-24(2,3)31-23(30)26-19-12-13-28(16-19)22-27-20-10-6-7-11-21(20)29(22)15-18-9-5-4-8-17(18)14-25/h4-11,19H,12-13,15-16H2,1-3H3,(H,26,30)/t19-/m1/s1. The van der Waals surface area contributed by atoms with Gasteiger partial charge in [0.1, 0.15) is 5.60 Å². The number of benzene rings is 2. The lowest BCUT2D eigenvalue weighted by Crippen LogP contribution is -2.40. The predicted molar refractivity (Wildman–Crippen MR) is 120 cm³/mol. The Hall–Kier alpha value is -3.53. The quantitative estimate of drug-likeness (QED) is 0.692. The third kappa shape index (κ3) is 4.64. The van der Waals surface area contributed by atoms with Crippen molar-refractivity contribution in [3.05, 3.63) is 59.7 Å². The van der Waals surface area contributed by atoms with Gasteiger partial charge in [-0.2, -0.15) is 5.26 Å². The van der Waals surface area contributed by atoms with Crippen molar-refractivity contribution in [2.75, 3.05) is 18.0 Å². The molecule has 1 atom stereocenters. The van der Waals surface area contributed by atoms with E-state index >= 15 is 0 Å². The van der Waals surface area contributed by atoms with E-state index in [0.29, 0.717) is 18.7 Å². The molecule has 0 radical (unpaired) electrons. The highest BCUT2D eigenvalue weighted by Crippen LogP contribution is 2.27. The van der Waals surface area contributed by atoms with Crippen LogP contribution in [0.15, 0.2) is 48.5 Å². The minimum Gasteiger partial charge on any atom is -0.444 e. The van der Waals surface area contributed by atoms with Gasteiger partial charge in [-0.15, -0.1) is 0 Å². The lowest BCUT2D eigenvalue weighted by Gasteiger charge is -2.22. The van der Waals surface area contributed by atoms with E-state index in [0.717, 1.165) is 35.5 Å². The topological polar surface area (TPSA) is 83.2 Å². The zero-order valence-electron chi connectivity index (χ0n) is 18.1. The second kappa shape index (κ2) is 8.31. The molecule has 1 aliphatic rings. The van der Waals surface area contributed by atoms with Crippen LogP contribution in [0.1, 0.15) is 38.3 Å². The van der Waals surface area contributed by atoms with Gasteiger partial charge in [-0.1, -0.05) is 30.3 Å². The zero-order chi connectivity index (χ0) is 22.0. The number of hydrogen-bond acceptors (Lipinski definition) is 5. The van der Waals surface area contributed by atoms with Crippen LogP contribution in [0.25, 0.3) is 11.0 Å². The van der Waals surface area contributed by atoms with Crippen molar-refractivity contribution in [1.82, 2.24) is 14.9 Å². The van der Waals surface area contributed by atoms with Crippen molar-refractivity contribution in [2.45, 2.75) is 45.4 Å². The molecule has 0 bridgehead atoms. The first-order valence-corrected chi connectivity index (χ1v) is 10.5. The summed E-state index contributed by atoms with van der Waals surface area (Å²) in [6, 6.07) is 17.9. The molecular weight excluding hydrogens is 390 g/mol. The van der Waals surface area contributed by atoms with Crippen molar-refractivity contribution in [3.8, 4) is 6.07 Å². The summed E-state index contributed by atoms with van der Waals surface area (Å²) in [5.41, 5.74) is 3.03. The first-order chi connectivity index (χ1) is 14.8. The van der Waals surface area contributed by atoms with Crippen LogP contribution < -0.4 is 10.2 Å².